The molecule has 110 valence electrons. The molecule has 0 atom stereocenters. The van der Waals surface area contributed by atoms with Crippen LogP contribution in [0.3, 0.4) is 0 Å². The average Bonchev–Trinajstić information content (AvgIpc) is 2.48. The second kappa shape index (κ2) is 7.39. The third-order valence-electron chi connectivity index (χ3n) is 4.07. The second-order valence-electron chi connectivity index (χ2n) is 5.48. The summed E-state index contributed by atoms with van der Waals surface area (Å²) in [5, 5.41) is 3.17. The number of carbonyl (C=O) groups excluding carboxylic acids is 1. The normalized spacial score (nSPS) is 16.4. The third kappa shape index (κ3) is 4.04. The fourth-order valence-electron chi connectivity index (χ4n) is 2.74. The Morgan fingerprint density at radius 2 is 2.05 bits per heavy atom. The van der Waals surface area contributed by atoms with Crippen LogP contribution < -0.4 is 5.32 Å². The lowest BCUT2D eigenvalue weighted by atomic mass is 9.93. The van der Waals surface area contributed by atoms with Crippen molar-refractivity contribution in [2.45, 2.75) is 25.7 Å². The largest absolute Gasteiger partial charge is 0.342 e. The van der Waals surface area contributed by atoms with E-state index in [1.54, 1.807) is 18.2 Å². The Kier molecular flexibility index (Phi) is 5.53. The van der Waals surface area contributed by atoms with Gasteiger partial charge in [-0.15, -0.1) is 0 Å². The van der Waals surface area contributed by atoms with Gasteiger partial charge >= 0.3 is 0 Å². The molecule has 0 saturated carbocycles. The van der Waals surface area contributed by atoms with Crippen molar-refractivity contribution < 1.29 is 9.18 Å². The molecule has 0 aliphatic carbocycles. The van der Waals surface area contributed by atoms with Gasteiger partial charge < -0.3 is 10.2 Å². The number of piperidine rings is 1. The lowest BCUT2D eigenvalue weighted by molar-refractivity contribution is -0.131. The first-order chi connectivity index (χ1) is 9.70. The van der Waals surface area contributed by atoms with Gasteiger partial charge in [-0.1, -0.05) is 18.2 Å². The summed E-state index contributed by atoms with van der Waals surface area (Å²) in [4.78, 5) is 14.1. The van der Waals surface area contributed by atoms with Crippen molar-refractivity contribution in [3.05, 3.63) is 35.6 Å². The fourth-order valence-corrected chi connectivity index (χ4v) is 2.74. The number of amides is 1. The molecule has 0 spiro atoms. The fraction of sp³-hybridized carbons (Fsp3) is 0.562. The van der Waals surface area contributed by atoms with Gasteiger partial charge in [-0.25, -0.2) is 4.39 Å². The average molecular weight is 278 g/mol. The van der Waals surface area contributed by atoms with Crippen molar-refractivity contribution in [3.63, 3.8) is 0 Å². The number of carbonyl (C=O) groups is 1. The van der Waals surface area contributed by atoms with E-state index in [0.717, 1.165) is 32.5 Å². The van der Waals surface area contributed by atoms with E-state index in [1.165, 1.54) is 12.5 Å². The van der Waals surface area contributed by atoms with E-state index in [0.29, 0.717) is 11.5 Å². The summed E-state index contributed by atoms with van der Waals surface area (Å²) in [5.41, 5.74) is 0.495. The molecule has 0 aromatic heterocycles. The zero-order valence-electron chi connectivity index (χ0n) is 12.1. The van der Waals surface area contributed by atoms with Gasteiger partial charge in [0.1, 0.15) is 5.82 Å². The van der Waals surface area contributed by atoms with Gasteiger partial charge in [0, 0.05) is 13.1 Å². The number of rotatable bonds is 5. The number of likely N-dealkylation sites (tertiary alicyclic amines) is 1. The minimum atomic E-state index is -0.287. The van der Waals surface area contributed by atoms with Crippen molar-refractivity contribution in [2.24, 2.45) is 5.92 Å². The first-order valence-electron chi connectivity index (χ1n) is 7.36. The first-order valence-corrected chi connectivity index (χ1v) is 7.36. The summed E-state index contributed by atoms with van der Waals surface area (Å²) in [5.74, 6) is 0.465. The SMILES string of the molecule is CNCCC1CCN(C(=O)Cc2ccccc2F)CC1. The first kappa shape index (κ1) is 15.0. The van der Waals surface area contributed by atoms with E-state index in [1.807, 2.05) is 11.9 Å². The van der Waals surface area contributed by atoms with Crippen LogP contribution in [0, 0.1) is 11.7 Å². The molecular weight excluding hydrogens is 255 g/mol. The van der Waals surface area contributed by atoms with E-state index < -0.39 is 0 Å². The van der Waals surface area contributed by atoms with E-state index in [4.69, 9.17) is 0 Å². The summed E-state index contributed by atoms with van der Waals surface area (Å²) in [6, 6.07) is 6.52. The van der Waals surface area contributed by atoms with Gasteiger partial charge in [-0.2, -0.15) is 0 Å². The highest BCUT2D eigenvalue weighted by Gasteiger charge is 2.22. The van der Waals surface area contributed by atoms with Crippen LogP contribution in [0.5, 0.6) is 0 Å². The Bertz CT molecular complexity index is 442. The molecule has 1 amide bonds. The van der Waals surface area contributed by atoms with Gasteiger partial charge in [-0.05, 0) is 50.4 Å². The second-order valence-corrected chi connectivity index (χ2v) is 5.48. The van der Waals surface area contributed by atoms with Gasteiger partial charge in [0.05, 0.1) is 6.42 Å². The van der Waals surface area contributed by atoms with E-state index in [2.05, 4.69) is 5.32 Å². The van der Waals surface area contributed by atoms with Crippen LogP contribution in [0.2, 0.25) is 0 Å². The molecule has 0 bridgehead atoms. The molecule has 1 saturated heterocycles. The standard InChI is InChI=1S/C16H23FN2O/c1-18-9-6-13-7-10-19(11-8-13)16(20)12-14-4-2-3-5-15(14)17/h2-5,13,18H,6-12H2,1H3. The summed E-state index contributed by atoms with van der Waals surface area (Å²) in [6.45, 7) is 2.65. The molecule has 1 aromatic rings. The van der Waals surface area contributed by atoms with Gasteiger partial charge in [0.25, 0.3) is 0 Å². The lowest BCUT2D eigenvalue weighted by Gasteiger charge is -2.32. The molecule has 0 radical (unpaired) electrons. The molecule has 1 aromatic carbocycles. The quantitative estimate of drug-likeness (QED) is 0.895. The maximum Gasteiger partial charge on any atom is 0.227 e. The van der Waals surface area contributed by atoms with Crippen molar-refractivity contribution >= 4 is 5.91 Å². The molecule has 1 fully saturated rings. The zero-order chi connectivity index (χ0) is 14.4. The highest BCUT2D eigenvalue weighted by molar-refractivity contribution is 5.78. The number of halogens is 1. The Morgan fingerprint density at radius 3 is 2.70 bits per heavy atom. The van der Waals surface area contributed by atoms with E-state index in [9.17, 15) is 9.18 Å². The lowest BCUT2D eigenvalue weighted by Crippen LogP contribution is -2.39. The Morgan fingerprint density at radius 1 is 1.35 bits per heavy atom. The van der Waals surface area contributed by atoms with Crippen LogP contribution in [0.1, 0.15) is 24.8 Å². The number of benzene rings is 1. The Hall–Kier alpha value is -1.42. The molecule has 1 aliphatic heterocycles. The van der Waals surface area contributed by atoms with Crippen molar-refractivity contribution in [2.75, 3.05) is 26.7 Å². The van der Waals surface area contributed by atoms with Crippen LogP contribution in [-0.2, 0) is 11.2 Å². The molecule has 3 nitrogen and oxygen atoms in total. The van der Waals surface area contributed by atoms with Gasteiger partial charge in [-0.3, -0.25) is 4.79 Å². The molecular formula is C16H23FN2O. The van der Waals surface area contributed by atoms with Crippen LogP contribution >= 0.6 is 0 Å². The van der Waals surface area contributed by atoms with E-state index in [-0.39, 0.29) is 18.1 Å². The van der Waals surface area contributed by atoms with Crippen LogP contribution in [0.4, 0.5) is 4.39 Å². The smallest absolute Gasteiger partial charge is 0.227 e. The van der Waals surface area contributed by atoms with Crippen molar-refractivity contribution in [3.8, 4) is 0 Å². The summed E-state index contributed by atoms with van der Waals surface area (Å²) < 4.78 is 13.5. The Labute approximate surface area is 120 Å². The zero-order valence-corrected chi connectivity index (χ0v) is 12.1. The molecule has 1 N–H and O–H groups in total. The van der Waals surface area contributed by atoms with Gasteiger partial charge in [0.2, 0.25) is 5.91 Å². The number of nitrogens with one attached hydrogen (secondary N) is 1. The maximum atomic E-state index is 13.5. The van der Waals surface area contributed by atoms with Crippen LogP contribution in [0.25, 0.3) is 0 Å². The topological polar surface area (TPSA) is 32.3 Å². The maximum absolute atomic E-state index is 13.5. The van der Waals surface area contributed by atoms with Gasteiger partial charge in [0.15, 0.2) is 0 Å². The molecule has 4 heteroatoms. The summed E-state index contributed by atoms with van der Waals surface area (Å²) in [6.07, 6.45) is 3.47. The van der Waals surface area contributed by atoms with Crippen molar-refractivity contribution in [1.29, 1.82) is 0 Å². The monoisotopic (exact) mass is 278 g/mol. The van der Waals surface area contributed by atoms with E-state index >= 15 is 0 Å². The minimum Gasteiger partial charge on any atom is -0.342 e. The molecule has 0 unspecified atom stereocenters. The summed E-state index contributed by atoms with van der Waals surface area (Å²) >= 11 is 0. The molecule has 2 rings (SSSR count). The minimum absolute atomic E-state index is 0.0437. The molecule has 1 heterocycles. The predicted octanol–water partition coefficient (Wildman–Crippen LogP) is 2.22. The van der Waals surface area contributed by atoms with Crippen LogP contribution in [0.15, 0.2) is 24.3 Å². The third-order valence-corrected chi connectivity index (χ3v) is 4.07. The highest BCUT2D eigenvalue weighted by atomic mass is 19.1. The predicted molar refractivity (Wildman–Crippen MR) is 78.0 cm³/mol. The van der Waals surface area contributed by atoms with Crippen LogP contribution in [-0.4, -0.2) is 37.5 Å². The number of nitrogens with zero attached hydrogens (tertiary/aromatic N) is 1. The Balaban J connectivity index is 1.82. The number of hydrogen-bond acceptors (Lipinski definition) is 2. The van der Waals surface area contributed by atoms with Crippen molar-refractivity contribution in [1.82, 2.24) is 10.2 Å². The molecule has 20 heavy (non-hydrogen) atoms. The highest BCUT2D eigenvalue weighted by Crippen LogP contribution is 2.21. The molecule has 1 aliphatic rings. The number of hydrogen-bond donors (Lipinski definition) is 1. The summed E-state index contributed by atoms with van der Waals surface area (Å²) in [7, 11) is 1.97.